The number of hydrogen-bond acceptors (Lipinski definition) is 6. The Morgan fingerprint density at radius 1 is 1.36 bits per heavy atom. The zero-order valence-corrected chi connectivity index (χ0v) is 11.8. The monoisotopic (exact) mass is 304 g/mol. The van der Waals surface area contributed by atoms with Crippen LogP contribution < -0.4 is 10.9 Å². The third kappa shape index (κ3) is 2.52. The standard InChI is InChI=1S/C14H16N4O4/c19-10-6-2-1-5-9(10)15-13-12(18(21)22)14(20)17-8-4-3-7-11(17)16-13/h3-4,7-10,15,19H,1-2,5-6H2. The zero-order valence-electron chi connectivity index (χ0n) is 11.8. The fourth-order valence-electron chi connectivity index (χ4n) is 2.80. The molecule has 22 heavy (non-hydrogen) atoms. The maximum absolute atomic E-state index is 12.3. The Labute approximate surface area is 125 Å². The Bertz CT molecular complexity index is 773. The summed E-state index contributed by atoms with van der Waals surface area (Å²) in [6.07, 6.45) is 4.03. The van der Waals surface area contributed by atoms with Gasteiger partial charge < -0.3 is 10.4 Å². The molecule has 8 heteroatoms. The Morgan fingerprint density at radius 2 is 2.14 bits per heavy atom. The first-order valence-electron chi connectivity index (χ1n) is 7.18. The summed E-state index contributed by atoms with van der Waals surface area (Å²) in [7, 11) is 0. The van der Waals surface area contributed by atoms with Gasteiger partial charge in [-0.15, -0.1) is 0 Å². The summed E-state index contributed by atoms with van der Waals surface area (Å²) in [5.74, 6) is -0.0767. The number of nitro groups is 1. The van der Waals surface area contributed by atoms with E-state index in [-0.39, 0.29) is 11.9 Å². The number of pyridine rings is 1. The molecule has 1 aliphatic carbocycles. The molecule has 8 nitrogen and oxygen atoms in total. The maximum Gasteiger partial charge on any atom is 0.376 e. The largest absolute Gasteiger partial charge is 0.391 e. The van der Waals surface area contributed by atoms with Gasteiger partial charge in [0, 0.05) is 6.20 Å². The summed E-state index contributed by atoms with van der Waals surface area (Å²) < 4.78 is 1.14. The van der Waals surface area contributed by atoms with E-state index >= 15 is 0 Å². The lowest BCUT2D eigenvalue weighted by Crippen LogP contribution is -2.37. The highest BCUT2D eigenvalue weighted by Crippen LogP contribution is 2.25. The third-order valence-corrected chi connectivity index (χ3v) is 3.94. The molecule has 0 aromatic carbocycles. The average molecular weight is 304 g/mol. The van der Waals surface area contributed by atoms with E-state index < -0.39 is 22.3 Å². The molecule has 2 aromatic heterocycles. The lowest BCUT2D eigenvalue weighted by molar-refractivity contribution is -0.385. The summed E-state index contributed by atoms with van der Waals surface area (Å²) in [6.45, 7) is 0. The molecule has 116 valence electrons. The van der Waals surface area contributed by atoms with Gasteiger partial charge in [-0.2, -0.15) is 0 Å². The molecule has 0 spiro atoms. The number of fused-ring (bicyclic) bond motifs is 1. The Balaban J connectivity index is 2.09. The normalized spacial score (nSPS) is 21.7. The summed E-state index contributed by atoms with van der Waals surface area (Å²) in [5, 5.41) is 24.2. The van der Waals surface area contributed by atoms with Gasteiger partial charge in [-0.05, 0) is 25.0 Å². The average Bonchev–Trinajstić information content (AvgIpc) is 2.49. The molecular formula is C14H16N4O4. The molecule has 0 aliphatic heterocycles. The highest BCUT2D eigenvalue weighted by molar-refractivity contribution is 5.60. The van der Waals surface area contributed by atoms with Crippen LogP contribution in [-0.2, 0) is 0 Å². The number of aliphatic hydroxyl groups is 1. The van der Waals surface area contributed by atoms with Gasteiger partial charge in [0.1, 0.15) is 5.65 Å². The molecule has 1 fully saturated rings. The van der Waals surface area contributed by atoms with Crippen LogP contribution in [0, 0.1) is 10.1 Å². The SMILES string of the molecule is O=c1c([N+](=O)[O-])c(NC2CCCCC2O)nc2ccccn12. The topological polar surface area (TPSA) is 110 Å². The van der Waals surface area contributed by atoms with Gasteiger partial charge >= 0.3 is 11.2 Å². The number of nitrogens with one attached hydrogen (secondary N) is 1. The molecule has 1 aliphatic rings. The predicted molar refractivity (Wildman–Crippen MR) is 80.0 cm³/mol. The van der Waals surface area contributed by atoms with Crippen molar-refractivity contribution < 1.29 is 10.0 Å². The molecule has 2 aromatic rings. The first kappa shape index (κ1) is 14.5. The lowest BCUT2D eigenvalue weighted by atomic mass is 9.92. The van der Waals surface area contributed by atoms with Crippen molar-refractivity contribution in [2.45, 2.75) is 37.8 Å². The highest BCUT2D eigenvalue weighted by atomic mass is 16.6. The van der Waals surface area contributed by atoms with E-state index in [9.17, 15) is 20.0 Å². The first-order valence-corrected chi connectivity index (χ1v) is 7.18. The van der Waals surface area contributed by atoms with Crippen molar-refractivity contribution in [3.8, 4) is 0 Å². The van der Waals surface area contributed by atoms with Crippen LogP contribution in [0.15, 0.2) is 29.2 Å². The molecule has 0 saturated heterocycles. The van der Waals surface area contributed by atoms with Crippen LogP contribution >= 0.6 is 0 Å². The molecule has 0 radical (unpaired) electrons. The maximum atomic E-state index is 12.3. The van der Waals surface area contributed by atoms with E-state index in [0.29, 0.717) is 18.5 Å². The summed E-state index contributed by atoms with van der Waals surface area (Å²) in [6, 6.07) is 4.59. The minimum absolute atomic E-state index is 0.0767. The minimum atomic E-state index is -0.733. The third-order valence-electron chi connectivity index (χ3n) is 3.94. The number of nitrogens with zero attached hydrogens (tertiary/aromatic N) is 3. The molecule has 2 atom stereocenters. The molecule has 3 rings (SSSR count). The molecule has 2 heterocycles. The fraction of sp³-hybridized carbons (Fsp3) is 0.429. The van der Waals surface area contributed by atoms with Gasteiger partial charge in [0.25, 0.3) is 0 Å². The number of hydrogen-bond donors (Lipinski definition) is 2. The number of aliphatic hydroxyl groups excluding tert-OH is 1. The van der Waals surface area contributed by atoms with E-state index in [1.54, 1.807) is 18.2 Å². The Hall–Kier alpha value is -2.48. The summed E-state index contributed by atoms with van der Waals surface area (Å²) in [5.41, 5.74) is -1.00. The van der Waals surface area contributed by atoms with Gasteiger partial charge in [-0.25, -0.2) is 4.98 Å². The van der Waals surface area contributed by atoms with Crippen LogP contribution in [-0.4, -0.2) is 31.6 Å². The van der Waals surface area contributed by atoms with Crippen LogP contribution in [0.5, 0.6) is 0 Å². The smallest absolute Gasteiger partial charge is 0.376 e. The Kier molecular flexibility index (Phi) is 3.76. The van der Waals surface area contributed by atoms with Crippen LogP contribution in [0.4, 0.5) is 11.5 Å². The molecule has 0 amide bonds. The predicted octanol–water partition coefficient (Wildman–Crippen LogP) is 1.32. The van der Waals surface area contributed by atoms with Crippen molar-refractivity contribution >= 4 is 17.2 Å². The fourth-order valence-corrected chi connectivity index (χ4v) is 2.80. The summed E-state index contributed by atoms with van der Waals surface area (Å²) >= 11 is 0. The van der Waals surface area contributed by atoms with E-state index in [1.165, 1.54) is 6.20 Å². The lowest BCUT2D eigenvalue weighted by Gasteiger charge is -2.28. The van der Waals surface area contributed by atoms with E-state index in [4.69, 9.17) is 0 Å². The van der Waals surface area contributed by atoms with Crippen molar-refractivity contribution in [3.63, 3.8) is 0 Å². The van der Waals surface area contributed by atoms with Gasteiger partial charge in [-0.1, -0.05) is 18.9 Å². The molecule has 1 saturated carbocycles. The first-order chi connectivity index (χ1) is 10.6. The number of anilines is 1. The second-order valence-electron chi connectivity index (χ2n) is 5.40. The van der Waals surface area contributed by atoms with Gasteiger partial charge in [0.15, 0.2) is 0 Å². The number of aromatic nitrogens is 2. The van der Waals surface area contributed by atoms with Crippen molar-refractivity contribution in [3.05, 3.63) is 44.9 Å². The van der Waals surface area contributed by atoms with Crippen LogP contribution in [0.25, 0.3) is 5.65 Å². The van der Waals surface area contributed by atoms with Crippen molar-refractivity contribution in [1.82, 2.24) is 9.38 Å². The number of rotatable bonds is 3. The second-order valence-corrected chi connectivity index (χ2v) is 5.40. The van der Waals surface area contributed by atoms with E-state index in [2.05, 4.69) is 10.3 Å². The second kappa shape index (κ2) is 5.72. The van der Waals surface area contributed by atoms with Crippen molar-refractivity contribution in [2.75, 3.05) is 5.32 Å². The van der Waals surface area contributed by atoms with Gasteiger partial charge in [-0.3, -0.25) is 19.3 Å². The quantitative estimate of drug-likeness (QED) is 0.653. The van der Waals surface area contributed by atoms with E-state index in [1.807, 2.05) is 0 Å². The van der Waals surface area contributed by atoms with Gasteiger partial charge in [0.05, 0.1) is 17.1 Å². The van der Waals surface area contributed by atoms with Crippen molar-refractivity contribution in [2.24, 2.45) is 0 Å². The zero-order chi connectivity index (χ0) is 15.7. The summed E-state index contributed by atoms with van der Waals surface area (Å²) in [4.78, 5) is 27.0. The molecular weight excluding hydrogens is 288 g/mol. The van der Waals surface area contributed by atoms with Crippen LogP contribution in [0.3, 0.4) is 0 Å². The van der Waals surface area contributed by atoms with E-state index in [0.717, 1.165) is 17.2 Å². The van der Waals surface area contributed by atoms with Gasteiger partial charge in [0.2, 0.25) is 5.82 Å². The van der Waals surface area contributed by atoms with Crippen molar-refractivity contribution in [1.29, 1.82) is 0 Å². The Morgan fingerprint density at radius 3 is 2.86 bits per heavy atom. The minimum Gasteiger partial charge on any atom is -0.391 e. The molecule has 0 bridgehead atoms. The highest BCUT2D eigenvalue weighted by Gasteiger charge is 2.29. The van der Waals surface area contributed by atoms with Crippen LogP contribution in [0.1, 0.15) is 25.7 Å². The van der Waals surface area contributed by atoms with Crippen LogP contribution in [0.2, 0.25) is 0 Å². The molecule has 2 N–H and O–H groups in total. The molecule has 2 unspecified atom stereocenters.